The third-order valence-corrected chi connectivity index (χ3v) is 5.90. The monoisotopic (exact) mass is 438 g/mol. The number of nitrogens with two attached hydrogens (primary N) is 1. The SMILES string of the molecule is CCc1csc([C@H](Cc2ccc(N)cc2)NCC(NC(=O)O)C(=O)c2ccccc2)n1. The maximum atomic E-state index is 12.9. The summed E-state index contributed by atoms with van der Waals surface area (Å²) in [6.07, 6.45) is 0.227. The van der Waals surface area contributed by atoms with E-state index in [1.54, 1.807) is 35.6 Å². The number of benzene rings is 2. The van der Waals surface area contributed by atoms with Gasteiger partial charge in [-0.25, -0.2) is 9.78 Å². The maximum absolute atomic E-state index is 12.9. The first-order valence-corrected chi connectivity index (χ1v) is 10.9. The summed E-state index contributed by atoms with van der Waals surface area (Å²) < 4.78 is 0. The molecule has 1 heterocycles. The highest BCUT2D eigenvalue weighted by molar-refractivity contribution is 7.09. The van der Waals surface area contributed by atoms with Crippen LogP contribution in [0.5, 0.6) is 0 Å². The zero-order valence-electron chi connectivity index (χ0n) is 17.2. The fraction of sp³-hybridized carbons (Fsp3) is 0.261. The zero-order chi connectivity index (χ0) is 22.2. The molecule has 162 valence electrons. The number of aryl methyl sites for hydroxylation is 1. The molecule has 3 aromatic rings. The lowest BCUT2D eigenvalue weighted by Crippen LogP contribution is -2.47. The van der Waals surface area contributed by atoms with Crippen molar-refractivity contribution >= 4 is 28.9 Å². The third-order valence-electron chi connectivity index (χ3n) is 4.89. The van der Waals surface area contributed by atoms with Gasteiger partial charge in [0.05, 0.1) is 11.7 Å². The number of nitrogens with one attached hydrogen (secondary N) is 2. The van der Waals surface area contributed by atoms with Crippen LogP contribution in [-0.4, -0.2) is 34.6 Å². The topological polar surface area (TPSA) is 117 Å². The van der Waals surface area contributed by atoms with Crippen LogP contribution in [0.1, 0.15) is 39.6 Å². The Kier molecular flexibility index (Phi) is 7.75. The molecule has 0 fully saturated rings. The van der Waals surface area contributed by atoms with Gasteiger partial charge in [0.25, 0.3) is 0 Å². The van der Waals surface area contributed by atoms with E-state index in [0.29, 0.717) is 17.7 Å². The highest BCUT2D eigenvalue weighted by Crippen LogP contribution is 2.23. The Hall–Kier alpha value is -3.23. The summed E-state index contributed by atoms with van der Waals surface area (Å²) in [7, 11) is 0. The van der Waals surface area contributed by atoms with Crippen LogP contribution in [0.15, 0.2) is 60.0 Å². The van der Waals surface area contributed by atoms with Crippen LogP contribution in [0.3, 0.4) is 0 Å². The van der Waals surface area contributed by atoms with Crippen molar-refractivity contribution in [1.82, 2.24) is 15.6 Å². The van der Waals surface area contributed by atoms with Crippen LogP contribution in [0.2, 0.25) is 0 Å². The van der Waals surface area contributed by atoms with Crippen molar-refractivity contribution < 1.29 is 14.7 Å². The van der Waals surface area contributed by atoms with Gasteiger partial charge in [0.1, 0.15) is 11.0 Å². The van der Waals surface area contributed by atoms with Gasteiger partial charge in [-0.1, -0.05) is 49.4 Å². The summed E-state index contributed by atoms with van der Waals surface area (Å²) in [6, 6.07) is 15.2. The first-order valence-electron chi connectivity index (χ1n) is 10.1. The Labute approximate surface area is 185 Å². The van der Waals surface area contributed by atoms with E-state index in [2.05, 4.69) is 10.6 Å². The second-order valence-corrected chi connectivity index (χ2v) is 8.06. The quantitative estimate of drug-likeness (QED) is 0.283. The van der Waals surface area contributed by atoms with Crippen molar-refractivity contribution in [2.45, 2.75) is 31.8 Å². The summed E-state index contributed by atoms with van der Waals surface area (Å²) in [5.41, 5.74) is 9.02. The molecule has 5 N–H and O–H groups in total. The minimum Gasteiger partial charge on any atom is -0.465 e. The molecule has 2 aromatic carbocycles. The number of carboxylic acid groups (broad SMARTS) is 1. The van der Waals surface area contributed by atoms with Gasteiger partial charge in [-0.15, -0.1) is 11.3 Å². The van der Waals surface area contributed by atoms with Crippen molar-refractivity contribution in [2.24, 2.45) is 0 Å². The van der Waals surface area contributed by atoms with Gasteiger partial charge in [0, 0.05) is 23.2 Å². The predicted octanol–water partition coefficient (Wildman–Crippen LogP) is 3.68. The van der Waals surface area contributed by atoms with Gasteiger partial charge >= 0.3 is 6.09 Å². The molecule has 0 saturated heterocycles. The van der Waals surface area contributed by atoms with Crippen molar-refractivity contribution in [3.05, 3.63) is 81.8 Å². The van der Waals surface area contributed by atoms with Gasteiger partial charge in [-0.05, 0) is 30.5 Å². The van der Waals surface area contributed by atoms with Crippen molar-refractivity contribution in [3.8, 4) is 0 Å². The molecular formula is C23H26N4O3S. The number of Topliss-reactive ketones (excluding diaryl/α,β-unsaturated/α-hetero) is 1. The van der Waals surface area contributed by atoms with Crippen molar-refractivity contribution in [1.29, 1.82) is 0 Å². The molecule has 0 radical (unpaired) electrons. The first-order chi connectivity index (χ1) is 15.0. The van der Waals surface area contributed by atoms with Gasteiger partial charge in [0.2, 0.25) is 0 Å². The average Bonchev–Trinajstić information content (AvgIpc) is 3.26. The Morgan fingerprint density at radius 1 is 1.13 bits per heavy atom. The minimum absolute atomic E-state index is 0.140. The van der Waals surface area contributed by atoms with Crippen LogP contribution < -0.4 is 16.4 Å². The minimum atomic E-state index is -1.24. The molecule has 0 bridgehead atoms. The predicted molar refractivity (Wildman–Crippen MR) is 123 cm³/mol. The molecule has 2 atom stereocenters. The summed E-state index contributed by atoms with van der Waals surface area (Å²) in [5.74, 6) is -0.282. The number of hydrogen-bond donors (Lipinski definition) is 4. The molecule has 31 heavy (non-hydrogen) atoms. The van der Waals surface area contributed by atoms with Crippen LogP contribution in [-0.2, 0) is 12.8 Å². The summed E-state index contributed by atoms with van der Waals surface area (Å²) >= 11 is 1.56. The summed E-state index contributed by atoms with van der Waals surface area (Å²) in [6.45, 7) is 2.19. The number of carbonyl (C=O) groups excluding carboxylic acids is 1. The van der Waals surface area contributed by atoms with Crippen molar-refractivity contribution in [2.75, 3.05) is 12.3 Å². The van der Waals surface area contributed by atoms with Gasteiger partial charge in [-0.3, -0.25) is 4.79 Å². The number of rotatable bonds is 10. The van der Waals surface area contributed by atoms with E-state index in [9.17, 15) is 14.7 Å². The smallest absolute Gasteiger partial charge is 0.405 e. The van der Waals surface area contributed by atoms with Gasteiger partial charge in [0.15, 0.2) is 5.78 Å². The van der Waals surface area contributed by atoms with Gasteiger partial charge in [-0.2, -0.15) is 0 Å². The van der Waals surface area contributed by atoms with Crippen LogP contribution in [0.4, 0.5) is 10.5 Å². The fourth-order valence-electron chi connectivity index (χ4n) is 3.20. The van der Waals surface area contributed by atoms with Gasteiger partial charge < -0.3 is 21.5 Å². The number of ketones is 1. The Morgan fingerprint density at radius 3 is 2.45 bits per heavy atom. The zero-order valence-corrected chi connectivity index (χ0v) is 18.1. The Bertz CT molecular complexity index is 1010. The molecule has 0 aliphatic heterocycles. The van der Waals surface area contributed by atoms with E-state index >= 15 is 0 Å². The third kappa shape index (κ3) is 6.37. The number of anilines is 1. The lowest BCUT2D eigenvalue weighted by atomic mass is 10.0. The number of hydrogen-bond acceptors (Lipinski definition) is 6. The molecule has 0 saturated carbocycles. The highest BCUT2D eigenvalue weighted by Gasteiger charge is 2.24. The molecule has 1 amide bonds. The molecule has 1 aromatic heterocycles. The Morgan fingerprint density at radius 2 is 1.84 bits per heavy atom. The molecule has 1 unspecified atom stereocenters. The molecular weight excluding hydrogens is 412 g/mol. The number of aromatic nitrogens is 1. The maximum Gasteiger partial charge on any atom is 0.405 e. The lowest BCUT2D eigenvalue weighted by Gasteiger charge is -2.22. The van der Waals surface area contributed by atoms with Crippen LogP contribution >= 0.6 is 11.3 Å². The average molecular weight is 439 g/mol. The second-order valence-electron chi connectivity index (χ2n) is 7.17. The van der Waals surface area contributed by atoms with E-state index in [0.717, 1.165) is 22.7 Å². The van der Waals surface area contributed by atoms with E-state index in [4.69, 9.17) is 10.7 Å². The summed E-state index contributed by atoms with van der Waals surface area (Å²) in [4.78, 5) is 28.9. The van der Waals surface area contributed by atoms with E-state index in [-0.39, 0.29) is 18.4 Å². The van der Waals surface area contributed by atoms with E-state index in [1.807, 2.05) is 42.6 Å². The number of nitrogens with zero attached hydrogens (tertiary/aromatic N) is 1. The largest absolute Gasteiger partial charge is 0.465 e. The summed E-state index contributed by atoms with van der Waals surface area (Å²) in [5, 5.41) is 17.9. The number of thiazole rings is 1. The normalized spacial score (nSPS) is 12.8. The fourth-order valence-corrected chi connectivity index (χ4v) is 4.18. The highest BCUT2D eigenvalue weighted by atomic mass is 32.1. The molecule has 0 aliphatic rings. The molecule has 8 heteroatoms. The molecule has 3 rings (SSSR count). The molecule has 0 aliphatic carbocycles. The number of nitrogen functional groups attached to an aromatic ring is 1. The number of carbonyl (C=O) groups is 2. The van der Waals surface area contributed by atoms with E-state index in [1.165, 1.54) is 0 Å². The molecule has 7 nitrogen and oxygen atoms in total. The second kappa shape index (κ2) is 10.7. The van der Waals surface area contributed by atoms with Crippen LogP contribution in [0.25, 0.3) is 0 Å². The van der Waals surface area contributed by atoms with Crippen LogP contribution in [0, 0.1) is 0 Å². The van der Waals surface area contributed by atoms with Crippen molar-refractivity contribution in [3.63, 3.8) is 0 Å². The first kappa shape index (κ1) is 22.5. The Balaban J connectivity index is 1.79. The molecule has 0 spiro atoms. The number of amides is 1. The van der Waals surface area contributed by atoms with E-state index < -0.39 is 12.1 Å². The standard InChI is InChI=1S/C23H26N4O3S/c1-2-18-14-31-22(26-18)19(12-15-8-10-17(24)11-9-15)25-13-20(27-23(29)30)21(28)16-6-4-3-5-7-16/h3-11,14,19-20,25,27H,2,12-13,24H2,1H3,(H,29,30)/t19-,20?/m0/s1. The lowest BCUT2D eigenvalue weighted by molar-refractivity contribution is 0.0934.